The van der Waals surface area contributed by atoms with Crippen LogP contribution in [0.3, 0.4) is 0 Å². The monoisotopic (exact) mass is 383 g/mol. The van der Waals surface area contributed by atoms with Gasteiger partial charge in [0.15, 0.2) is 12.4 Å². The molecule has 0 radical (unpaired) electrons. The van der Waals surface area contributed by atoms with E-state index >= 15 is 0 Å². The van der Waals surface area contributed by atoms with Crippen LogP contribution in [0.1, 0.15) is 53.3 Å². The highest BCUT2D eigenvalue weighted by Crippen LogP contribution is 2.14. The summed E-state index contributed by atoms with van der Waals surface area (Å²) in [5, 5.41) is 2.80. The van der Waals surface area contributed by atoms with E-state index in [1.165, 1.54) is 7.11 Å². The van der Waals surface area contributed by atoms with Crippen molar-refractivity contribution < 1.29 is 23.9 Å². The standard InChI is InChI=1S/C22H25NO5/c1-3-4-5-6-21(25)23-18-11-7-16(8-12-18)20(24)15-28-22(26)17-9-13-19(27-2)14-10-17/h7-14H,3-6,15H2,1-2H3,(H,23,25). The number of carbonyl (C=O) groups is 3. The van der Waals surface area contributed by atoms with Gasteiger partial charge in [0.05, 0.1) is 12.7 Å². The number of nitrogens with one attached hydrogen (secondary N) is 1. The van der Waals surface area contributed by atoms with Crippen molar-refractivity contribution in [2.24, 2.45) is 0 Å². The molecule has 1 N–H and O–H groups in total. The summed E-state index contributed by atoms with van der Waals surface area (Å²) in [4.78, 5) is 36.0. The number of esters is 1. The average molecular weight is 383 g/mol. The molecule has 6 heteroatoms. The number of ketones is 1. The number of Topliss-reactive ketones (excluding diaryl/α,β-unsaturated/α-hetero) is 1. The lowest BCUT2D eigenvalue weighted by atomic mass is 10.1. The number of benzene rings is 2. The first-order valence-electron chi connectivity index (χ1n) is 9.27. The molecule has 0 unspecified atom stereocenters. The Morgan fingerprint density at radius 1 is 0.893 bits per heavy atom. The summed E-state index contributed by atoms with van der Waals surface area (Å²) >= 11 is 0. The van der Waals surface area contributed by atoms with Crippen molar-refractivity contribution in [1.29, 1.82) is 0 Å². The van der Waals surface area contributed by atoms with Crippen molar-refractivity contribution in [1.82, 2.24) is 0 Å². The van der Waals surface area contributed by atoms with Crippen molar-refractivity contribution in [3.8, 4) is 5.75 Å². The lowest BCUT2D eigenvalue weighted by Crippen LogP contribution is -2.14. The van der Waals surface area contributed by atoms with Crippen molar-refractivity contribution in [2.75, 3.05) is 19.0 Å². The molecule has 0 fully saturated rings. The van der Waals surface area contributed by atoms with Gasteiger partial charge in [-0.3, -0.25) is 9.59 Å². The molecule has 0 aromatic heterocycles. The first-order valence-corrected chi connectivity index (χ1v) is 9.27. The van der Waals surface area contributed by atoms with Gasteiger partial charge in [-0.25, -0.2) is 4.79 Å². The topological polar surface area (TPSA) is 81.7 Å². The van der Waals surface area contributed by atoms with E-state index in [0.717, 1.165) is 19.3 Å². The van der Waals surface area contributed by atoms with Gasteiger partial charge in [0.2, 0.25) is 5.91 Å². The Bertz CT molecular complexity index is 797. The van der Waals surface area contributed by atoms with E-state index in [2.05, 4.69) is 12.2 Å². The van der Waals surface area contributed by atoms with Gasteiger partial charge in [-0.2, -0.15) is 0 Å². The molecule has 148 valence electrons. The van der Waals surface area contributed by atoms with Crippen LogP contribution < -0.4 is 10.1 Å². The molecule has 2 aromatic rings. The Morgan fingerprint density at radius 2 is 1.54 bits per heavy atom. The third kappa shape index (κ3) is 6.54. The summed E-state index contributed by atoms with van der Waals surface area (Å²) in [6.07, 6.45) is 3.43. The zero-order valence-electron chi connectivity index (χ0n) is 16.2. The minimum Gasteiger partial charge on any atom is -0.497 e. The highest BCUT2D eigenvalue weighted by atomic mass is 16.5. The number of ether oxygens (including phenoxy) is 2. The maximum atomic E-state index is 12.2. The Balaban J connectivity index is 1.83. The van der Waals surface area contributed by atoms with E-state index in [-0.39, 0.29) is 18.3 Å². The molecule has 0 bridgehead atoms. The van der Waals surface area contributed by atoms with Gasteiger partial charge in [-0.1, -0.05) is 19.8 Å². The van der Waals surface area contributed by atoms with Gasteiger partial charge in [-0.05, 0) is 55.0 Å². The third-order valence-electron chi connectivity index (χ3n) is 4.16. The molecule has 6 nitrogen and oxygen atoms in total. The maximum absolute atomic E-state index is 12.2. The molecule has 0 saturated carbocycles. The summed E-state index contributed by atoms with van der Waals surface area (Å²) in [7, 11) is 1.54. The van der Waals surface area contributed by atoms with Gasteiger partial charge in [0.1, 0.15) is 5.75 Å². The van der Waals surface area contributed by atoms with Crippen LogP contribution in [0.4, 0.5) is 5.69 Å². The molecular weight excluding hydrogens is 358 g/mol. The molecule has 2 rings (SSSR count). The normalized spacial score (nSPS) is 10.2. The number of anilines is 1. The quantitative estimate of drug-likeness (QED) is 0.377. The molecule has 0 atom stereocenters. The van der Waals surface area contributed by atoms with Crippen molar-refractivity contribution in [2.45, 2.75) is 32.6 Å². The minimum atomic E-state index is -0.577. The summed E-state index contributed by atoms with van der Waals surface area (Å²) in [6.45, 7) is 1.73. The molecule has 0 aliphatic rings. The van der Waals surface area contributed by atoms with Crippen LogP contribution in [-0.2, 0) is 9.53 Å². The van der Waals surface area contributed by atoms with Crippen LogP contribution in [0.15, 0.2) is 48.5 Å². The van der Waals surface area contributed by atoms with E-state index < -0.39 is 5.97 Å². The fourth-order valence-corrected chi connectivity index (χ4v) is 2.52. The Hall–Kier alpha value is -3.15. The third-order valence-corrected chi connectivity index (χ3v) is 4.16. The first-order chi connectivity index (χ1) is 13.5. The van der Waals surface area contributed by atoms with E-state index in [1.54, 1.807) is 48.5 Å². The molecule has 0 aliphatic heterocycles. The highest BCUT2D eigenvalue weighted by molar-refractivity contribution is 6.00. The number of hydrogen-bond donors (Lipinski definition) is 1. The van der Waals surface area contributed by atoms with E-state index in [1.807, 2.05) is 0 Å². The van der Waals surface area contributed by atoms with Crippen LogP contribution in [0.5, 0.6) is 5.75 Å². The van der Waals surface area contributed by atoms with E-state index in [0.29, 0.717) is 29.0 Å². The summed E-state index contributed by atoms with van der Waals surface area (Å²) in [6, 6.07) is 13.0. The van der Waals surface area contributed by atoms with Crippen molar-refractivity contribution in [3.05, 3.63) is 59.7 Å². The number of rotatable bonds is 10. The van der Waals surface area contributed by atoms with Gasteiger partial charge in [0, 0.05) is 17.7 Å². The van der Waals surface area contributed by atoms with Crippen LogP contribution >= 0.6 is 0 Å². The Kier molecular flexibility index (Phi) is 8.21. The molecule has 0 spiro atoms. The molecule has 0 aliphatic carbocycles. The van der Waals surface area contributed by atoms with Crippen LogP contribution in [-0.4, -0.2) is 31.4 Å². The maximum Gasteiger partial charge on any atom is 0.338 e. The Labute approximate surface area is 164 Å². The summed E-state index contributed by atoms with van der Waals surface area (Å²) in [5.41, 5.74) is 1.38. The number of carbonyl (C=O) groups excluding carboxylic acids is 3. The zero-order chi connectivity index (χ0) is 20.4. The zero-order valence-corrected chi connectivity index (χ0v) is 16.2. The molecule has 0 heterocycles. The smallest absolute Gasteiger partial charge is 0.338 e. The summed E-state index contributed by atoms with van der Waals surface area (Å²) in [5.74, 6) is -0.305. The van der Waals surface area contributed by atoms with E-state index in [9.17, 15) is 14.4 Å². The lowest BCUT2D eigenvalue weighted by Gasteiger charge is -2.07. The predicted molar refractivity (Wildman–Crippen MR) is 107 cm³/mol. The molecule has 28 heavy (non-hydrogen) atoms. The predicted octanol–water partition coefficient (Wildman–Crippen LogP) is 4.25. The van der Waals surface area contributed by atoms with Crippen LogP contribution in [0.25, 0.3) is 0 Å². The number of methoxy groups -OCH3 is 1. The second-order valence-corrected chi connectivity index (χ2v) is 6.31. The SMILES string of the molecule is CCCCCC(=O)Nc1ccc(C(=O)COC(=O)c2ccc(OC)cc2)cc1. The molecule has 0 saturated heterocycles. The Morgan fingerprint density at radius 3 is 2.14 bits per heavy atom. The fourth-order valence-electron chi connectivity index (χ4n) is 2.52. The highest BCUT2D eigenvalue weighted by Gasteiger charge is 2.12. The van der Waals surface area contributed by atoms with Crippen molar-refractivity contribution >= 4 is 23.3 Å². The molecule has 1 amide bonds. The van der Waals surface area contributed by atoms with E-state index in [4.69, 9.17) is 9.47 Å². The summed E-state index contributed by atoms with van der Waals surface area (Å²) < 4.78 is 10.1. The number of amides is 1. The van der Waals surface area contributed by atoms with Gasteiger partial charge in [0.25, 0.3) is 0 Å². The largest absolute Gasteiger partial charge is 0.497 e. The van der Waals surface area contributed by atoms with Gasteiger partial charge < -0.3 is 14.8 Å². The molecule has 2 aromatic carbocycles. The van der Waals surface area contributed by atoms with Crippen LogP contribution in [0, 0.1) is 0 Å². The lowest BCUT2D eigenvalue weighted by molar-refractivity contribution is -0.116. The van der Waals surface area contributed by atoms with Crippen molar-refractivity contribution in [3.63, 3.8) is 0 Å². The molecular formula is C22H25NO5. The first kappa shape index (κ1) is 21.2. The van der Waals surface area contributed by atoms with Crippen LogP contribution in [0.2, 0.25) is 0 Å². The minimum absolute atomic E-state index is 0.0408. The second kappa shape index (κ2) is 10.9. The average Bonchev–Trinajstić information content (AvgIpc) is 2.72. The number of unbranched alkanes of at least 4 members (excludes halogenated alkanes) is 2. The second-order valence-electron chi connectivity index (χ2n) is 6.31. The van der Waals surface area contributed by atoms with Gasteiger partial charge >= 0.3 is 5.97 Å². The number of hydrogen-bond acceptors (Lipinski definition) is 5. The van der Waals surface area contributed by atoms with Gasteiger partial charge in [-0.15, -0.1) is 0 Å². The fraction of sp³-hybridized carbons (Fsp3) is 0.318.